The molecule has 4 rings (SSSR count). The van der Waals surface area contributed by atoms with Crippen molar-refractivity contribution in [1.29, 1.82) is 0 Å². The Labute approximate surface area is 213 Å². The molecular weight excluding hydrogens is 491 g/mol. The molecule has 0 aliphatic carbocycles. The fourth-order valence-electron chi connectivity index (χ4n) is 4.21. The zero-order valence-electron chi connectivity index (χ0n) is 19.1. The smallest absolute Gasteiger partial charge is 0.279 e. The normalized spacial score (nSPS) is 15.7. The molecule has 3 N–H and O–H groups in total. The first-order chi connectivity index (χ1) is 16.9. The molecule has 8 nitrogen and oxygen atoms in total. The monoisotopic (exact) mass is 516 g/mol. The van der Waals surface area contributed by atoms with Crippen LogP contribution in [0.25, 0.3) is 0 Å². The Hall–Kier alpha value is -3.04. The lowest BCUT2D eigenvalue weighted by Gasteiger charge is -2.17. The lowest BCUT2D eigenvalue weighted by molar-refractivity contribution is 0.0702. The van der Waals surface area contributed by atoms with Crippen molar-refractivity contribution in [3.8, 4) is 5.75 Å². The van der Waals surface area contributed by atoms with Crippen LogP contribution >= 0.6 is 23.2 Å². The molecule has 35 heavy (non-hydrogen) atoms. The minimum atomic E-state index is -0.779. The van der Waals surface area contributed by atoms with Crippen LogP contribution in [-0.4, -0.2) is 45.6 Å². The van der Waals surface area contributed by atoms with Gasteiger partial charge in [-0.2, -0.15) is 0 Å². The van der Waals surface area contributed by atoms with E-state index in [-0.39, 0.29) is 35.6 Å². The molecule has 1 saturated heterocycles. The lowest BCUT2D eigenvalue weighted by atomic mass is 10.2. The number of amides is 2. The maximum Gasteiger partial charge on any atom is 0.279 e. The van der Waals surface area contributed by atoms with E-state index in [2.05, 4.69) is 22.3 Å². The van der Waals surface area contributed by atoms with Crippen molar-refractivity contribution in [2.24, 2.45) is 7.05 Å². The van der Waals surface area contributed by atoms with Gasteiger partial charge in [-0.25, -0.2) is 5.48 Å². The van der Waals surface area contributed by atoms with E-state index in [4.69, 9.17) is 27.9 Å². The largest absolute Gasteiger partial charge is 0.486 e. The van der Waals surface area contributed by atoms with Crippen molar-refractivity contribution in [1.82, 2.24) is 20.3 Å². The van der Waals surface area contributed by atoms with E-state index in [9.17, 15) is 14.8 Å². The standard InChI is InChI=1S/C25H26Cl2N4O4/c1-30-14-19(24(32)29-34)23(35-15-17-7-8-20(26)21(27)11-17)22(30)25(33)28-18-9-10-31(13-18)12-16-5-3-2-4-6-16/h2-8,11,14,18,34H,9-10,12-13,15H2,1H3,(H,28,33)(H,29,32). The Morgan fingerprint density at radius 2 is 1.86 bits per heavy atom. The highest BCUT2D eigenvalue weighted by molar-refractivity contribution is 6.42. The minimum Gasteiger partial charge on any atom is -0.486 e. The molecule has 1 aliphatic rings. The van der Waals surface area contributed by atoms with E-state index in [0.29, 0.717) is 22.2 Å². The number of nitrogens with one attached hydrogen (secondary N) is 2. The fraction of sp³-hybridized carbons (Fsp3) is 0.280. The van der Waals surface area contributed by atoms with Crippen molar-refractivity contribution in [3.63, 3.8) is 0 Å². The minimum absolute atomic E-state index is 0.0392. The summed E-state index contributed by atoms with van der Waals surface area (Å²) in [5, 5.41) is 13.0. The van der Waals surface area contributed by atoms with Gasteiger partial charge >= 0.3 is 0 Å². The molecule has 184 valence electrons. The summed E-state index contributed by atoms with van der Waals surface area (Å²) in [4.78, 5) is 27.8. The topological polar surface area (TPSA) is 95.8 Å². The quantitative estimate of drug-likeness (QED) is 0.310. The lowest BCUT2D eigenvalue weighted by Crippen LogP contribution is -2.38. The zero-order chi connectivity index (χ0) is 24.9. The van der Waals surface area contributed by atoms with Gasteiger partial charge in [-0.15, -0.1) is 0 Å². The highest BCUT2D eigenvalue weighted by Gasteiger charge is 2.29. The van der Waals surface area contributed by atoms with Crippen LogP contribution in [0.1, 0.15) is 38.4 Å². The van der Waals surface area contributed by atoms with Gasteiger partial charge < -0.3 is 14.6 Å². The number of likely N-dealkylation sites (tertiary alicyclic amines) is 1. The van der Waals surface area contributed by atoms with Crippen LogP contribution in [0.4, 0.5) is 0 Å². The van der Waals surface area contributed by atoms with Gasteiger partial charge in [-0.3, -0.25) is 19.7 Å². The maximum atomic E-state index is 13.3. The number of hydrogen-bond acceptors (Lipinski definition) is 5. The van der Waals surface area contributed by atoms with Crippen molar-refractivity contribution in [3.05, 3.63) is 87.2 Å². The van der Waals surface area contributed by atoms with E-state index >= 15 is 0 Å². The molecule has 2 heterocycles. The number of halogens is 2. The summed E-state index contributed by atoms with van der Waals surface area (Å²) < 4.78 is 7.43. The summed E-state index contributed by atoms with van der Waals surface area (Å²) in [6, 6.07) is 15.2. The average molecular weight is 517 g/mol. The van der Waals surface area contributed by atoms with Crippen LogP contribution in [0.5, 0.6) is 5.75 Å². The van der Waals surface area contributed by atoms with Gasteiger partial charge in [0.25, 0.3) is 11.8 Å². The Bertz CT molecular complexity index is 1220. The molecular formula is C25H26Cl2N4O4. The number of hydrogen-bond donors (Lipinski definition) is 3. The predicted molar refractivity (Wildman–Crippen MR) is 133 cm³/mol. The Balaban J connectivity index is 1.48. The first kappa shape index (κ1) is 25.1. The zero-order valence-corrected chi connectivity index (χ0v) is 20.6. The summed E-state index contributed by atoms with van der Waals surface area (Å²) in [5.41, 5.74) is 3.76. The van der Waals surface area contributed by atoms with Crippen molar-refractivity contribution in [2.75, 3.05) is 13.1 Å². The molecule has 1 unspecified atom stereocenters. The van der Waals surface area contributed by atoms with Crippen molar-refractivity contribution >= 4 is 35.0 Å². The number of carbonyl (C=O) groups excluding carboxylic acids is 2. The summed E-state index contributed by atoms with van der Waals surface area (Å²) in [6.07, 6.45) is 2.26. The van der Waals surface area contributed by atoms with Gasteiger partial charge in [-0.1, -0.05) is 59.6 Å². The maximum absolute atomic E-state index is 13.3. The first-order valence-corrected chi connectivity index (χ1v) is 11.9. The molecule has 0 radical (unpaired) electrons. The summed E-state index contributed by atoms with van der Waals surface area (Å²) in [6.45, 7) is 2.44. The number of hydroxylamine groups is 1. The third-order valence-electron chi connectivity index (χ3n) is 5.92. The molecule has 0 spiro atoms. The van der Waals surface area contributed by atoms with Crippen LogP contribution in [0.15, 0.2) is 54.7 Å². The van der Waals surface area contributed by atoms with Crippen LogP contribution in [0, 0.1) is 0 Å². The Kier molecular flexibility index (Phi) is 7.97. The van der Waals surface area contributed by atoms with Gasteiger partial charge in [0.2, 0.25) is 0 Å². The third-order valence-corrected chi connectivity index (χ3v) is 6.66. The van der Waals surface area contributed by atoms with Gasteiger partial charge in [0.1, 0.15) is 17.9 Å². The molecule has 0 bridgehead atoms. The molecule has 1 aliphatic heterocycles. The van der Waals surface area contributed by atoms with E-state index in [1.165, 1.54) is 16.3 Å². The number of aryl methyl sites for hydroxylation is 1. The van der Waals surface area contributed by atoms with E-state index in [0.717, 1.165) is 19.5 Å². The molecule has 1 fully saturated rings. The van der Waals surface area contributed by atoms with E-state index < -0.39 is 5.91 Å². The number of ether oxygens (including phenoxy) is 1. The van der Waals surface area contributed by atoms with Crippen molar-refractivity contribution < 1.29 is 19.5 Å². The van der Waals surface area contributed by atoms with Crippen LogP contribution in [0.2, 0.25) is 10.0 Å². The number of benzene rings is 2. The van der Waals surface area contributed by atoms with Crippen LogP contribution in [-0.2, 0) is 20.2 Å². The fourth-order valence-corrected chi connectivity index (χ4v) is 4.53. The van der Waals surface area contributed by atoms with Gasteiger partial charge in [0, 0.05) is 38.9 Å². The number of nitrogens with zero attached hydrogens (tertiary/aromatic N) is 2. The van der Waals surface area contributed by atoms with E-state index in [1.54, 1.807) is 30.7 Å². The molecule has 3 aromatic rings. The molecule has 2 amide bonds. The van der Waals surface area contributed by atoms with Gasteiger partial charge in [0.15, 0.2) is 5.75 Å². The first-order valence-electron chi connectivity index (χ1n) is 11.1. The summed E-state index contributed by atoms with van der Waals surface area (Å²) >= 11 is 12.1. The van der Waals surface area contributed by atoms with Gasteiger partial charge in [-0.05, 0) is 29.7 Å². The molecule has 0 saturated carbocycles. The predicted octanol–water partition coefficient (Wildman–Crippen LogP) is 4.03. The second-order valence-corrected chi connectivity index (χ2v) is 9.30. The SMILES string of the molecule is Cn1cc(C(=O)NO)c(OCc2ccc(Cl)c(Cl)c2)c1C(=O)NC1CCN(Cc2ccccc2)C1. The average Bonchev–Trinajstić information content (AvgIpc) is 3.43. The van der Waals surface area contributed by atoms with Crippen LogP contribution < -0.4 is 15.5 Å². The second-order valence-electron chi connectivity index (χ2n) is 8.49. The summed E-state index contributed by atoms with van der Waals surface area (Å²) in [7, 11) is 1.64. The summed E-state index contributed by atoms with van der Waals surface area (Å²) in [5.74, 6) is -1.07. The second kappa shape index (κ2) is 11.1. The highest BCUT2D eigenvalue weighted by atomic mass is 35.5. The molecule has 1 atom stereocenters. The van der Waals surface area contributed by atoms with Gasteiger partial charge in [0.05, 0.1) is 10.0 Å². The number of aromatic nitrogens is 1. The Morgan fingerprint density at radius 1 is 1.09 bits per heavy atom. The molecule has 10 heteroatoms. The van der Waals surface area contributed by atoms with Crippen LogP contribution in [0.3, 0.4) is 0 Å². The third kappa shape index (κ3) is 5.97. The molecule has 1 aromatic heterocycles. The number of carbonyl (C=O) groups is 2. The van der Waals surface area contributed by atoms with Crippen molar-refractivity contribution in [2.45, 2.75) is 25.6 Å². The molecule has 2 aromatic carbocycles. The highest BCUT2D eigenvalue weighted by Crippen LogP contribution is 2.29. The van der Waals surface area contributed by atoms with E-state index in [1.807, 2.05) is 18.2 Å². The Morgan fingerprint density at radius 3 is 2.57 bits per heavy atom. The number of rotatable bonds is 8.